The van der Waals surface area contributed by atoms with Crippen molar-refractivity contribution in [3.63, 3.8) is 0 Å². The summed E-state index contributed by atoms with van der Waals surface area (Å²) in [6.45, 7) is 1.91. The number of carbonyl (C=O) groups is 1. The summed E-state index contributed by atoms with van der Waals surface area (Å²) in [6.07, 6.45) is 8.54. The van der Waals surface area contributed by atoms with Gasteiger partial charge in [-0.15, -0.1) is 0 Å². The third kappa shape index (κ3) is 2.71. The molecule has 0 unspecified atom stereocenters. The van der Waals surface area contributed by atoms with Gasteiger partial charge in [-0.2, -0.15) is 0 Å². The van der Waals surface area contributed by atoms with Crippen LogP contribution in [0.4, 0.5) is 0 Å². The Bertz CT molecular complexity index is 224. The van der Waals surface area contributed by atoms with Gasteiger partial charge in [0.2, 0.25) is 0 Å². The van der Waals surface area contributed by atoms with Crippen molar-refractivity contribution in [1.29, 1.82) is 0 Å². The minimum Gasteiger partial charge on any atom is -0.481 e. The Hall–Kier alpha value is -0.570. The fourth-order valence-corrected chi connectivity index (χ4v) is 2.99. The minimum absolute atomic E-state index is 0.110. The van der Waals surface area contributed by atoms with Gasteiger partial charge in [0.1, 0.15) is 0 Å². The van der Waals surface area contributed by atoms with Crippen molar-refractivity contribution in [2.24, 2.45) is 5.92 Å². The van der Waals surface area contributed by atoms with E-state index in [4.69, 9.17) is 5.11 Å². The molecule has 15 heavy (non-hydrogen) atoms. The molecule has 0 spiro atoms. The van der Waals surface area contributed by atoms with Gasteiger partial charge < -0.3 is 5.11 Å². The predicted octanol–water partition coefficient (Wildman–Crippen LogP) is 2.12. The van der Waals surface area contributed by atoms with Crippen molar-refractivity contribution < 1.29 is 9.90 Å². The van der Waals surface area contributed by atoms with Crippen LogP contribution in [0.1, 0.15) is 44.9 Å². The molecular weight excluding hydrogens is 190 g/mol. The minimum atomic E-state index is -0.601. The highest BCUT2D eigenvalue weighted by Crippen LogP contribution is 2.27. The molecule has 86 valence electrons. The number of nitrogens with zero attached hydrogens (tertiary/aromatic N) is 1. The van der Waals surface area contributed by atoms with Gasteiger partial charge in [0.25, 0.3) is 0 Å². The number of carboxylic acid groups (broad SMARTS) is 1. The Morgan fingerprint density at radius 1 is 1.07 bits per heavy atom. The molecule has 2 rings (SSSR count). The lowest BCUT2D eigenvalue weighted by Crippen LogP contribution is -2.45. The van der Waals surface area contributed by atoms with Crippen LogP contribution in [0.25, 0.3) is 0 Å². The van der Waals surface area contributed by atoms with Crippen LogP contribution in [0, 0.1) is 5.92 Å². The normalized spacial score (nSPS) is 30.3. The second-order valence-electron chi connectivity index (χ2n) is 4.96. The van der Waals surface area contributed by atoms with E-state index in [0.29, 0.717) is 6.04 Å². The first-order chi connectivity index (χ1) is 7.27. The van der Waals surface area contributed by atoms with Crippen molar-refractivity contribution >= 4 is 5.97 Å². The average molecular weight is 211 g/mol. The molecule has 2 aliphatic rings. The lowest BCUT2D eigenvalue weighted by Gasteiger charge is -2.38. The van der Waals surface area contributed by atoms with Crippen LogP contribution >= 0.6 is 0 Å². The first kappa shape index (κ1) is 10.9. The van der Waals surface area contributed by atoms with Crippen LogP contribution < -0.4 is 0 Å². The van der Waals surface area contributed by atoms with Gasteiger partial charge in [-0.05, 0) is 32.2 Å². The molecule has 1 saturated carbocycles. The lowest BCUT2D eigenvalue weighted by atomic mass is 9.90. The third-order valence-electron chi connectivity index (χ3n) is 3.89. The molecule has 0 bridgehead atoms. The summed E-state index contributed by atoms with van der Waals surface area (Å²) in [5.74, 6) is -0.712. The molecule has 1 N–H and O–H groups in total. The SMILES string of the molecule is O=C(O)[C@@H]1CCCN(C2CCCCC2)C1. The molecule has 1 aliphatic heterocycles. The van der Waals surface area contributed by atoms with Gasteiger partial charge in [-0.1, -0.05) is 19.3 Å². The van der Waals surface area contributed by atoms with Gasteiger partial charge in [-0.3, -0.25) is 9.69 Å². The molecule has 0 amide bonds. The molecule has 0 radical (unpaired) electrons. The van der Waals surface area contributed by atoms with E-state index < -0.39 is 5.97 Å². The van der Waals surface area contributed by atoms with Gasteiger partial charge >= 0.3 is 5.97 Å². The highest BCUT2D eigenvalue weighted by molar-refractivity contribution is 5.70. The van der Waals surface area contributed by atoms with Crippen LogP contribution in [0.2, 0.25) is 0 Å². The Balaban J connectivity index is 1.88. The number of carboxylic acids is 1. The molecule has 1 aliphatic carbocycles. The summed E-state index contributed by atoms with van der Waals surface area (Å²) >= 11 is 0. The Kier molecular flexibility index (Phi) is 3.62. The molecule has 1 saturated heterocycles. The summed E-state index contributed by atoms with van der Waals surface area (Å²) in [5.41, 5.74) is 0. The van der Waals surface area contributed by atoms with Crippen LogP contribution in [-0.2, 0) is 4.79 Å². The summed E-state index contributed by atoms with van der Waals surface area (Å²) in [7, 11) is 0. The van der Waals surface area contributed by atoms with E-state index in [1.54, 1.807) is 0 Å². The monoisotopic (exact) mass is 211 g/mol. The van der Waals surface area contributed by atoms with Crippen molar-refractivity contribution in [3.05, 3.63) is 0 Å². The topological polar surface area (TPSA) is 40.5 Å². The molecule has 0 aromatic heterocycles. The number of rotatable bonds is 2. The molecule has 2 fully saturated rings. The summed E-state index contributed by atoms with van der Waals surface area (Å²) in [4.78, 5) is 13.4. The van der Waals surface area contributed by atoms with Crippen molar-refractivity contribution in [2.75, 3.05) is 13.1 Å². The van der Waals surface area contributed by atoms with Crippen molar-refractivity contribution in [1.82, 2.24) is 4.90 Å². The zero-order chi connectivity index (χ0) is 10.7. The fraction of sp³-hybridized carbons (Fsp3) is 0.917. The van der Waals surface area contributed by atoms with E-state index in [0.717, 1.165) is 25.9 Å². The van der Waals surface area contributed by atoms with E-state index in [1.165, 1.54) is 32.1 Å². The van der Waals surface area contributed by atoms with Crippen LogP contribution in [-0.4, -0.2) is 35.1 Å². The summed E-state index contributed by atoms with van der Waals surface area (Å²) < 4.78 is 0. The summed E-state index contributed by atoms with van der Waals surface area (Å²) in [6, 6.07) is 0.681. The number of likely N-dealkylation sites (tertiary alicyclic amines) is 1. The van der Waals surface area contributed by atoms with E-state index in [-0.39, 0.29) is 5.92 Å². The lowest BCUT2D eigenvalue weighted by molar-refractivity contribution is -0.144. The molecule has 3 nitrogen and oxygen atoms in total. The number of hydrogen-bond donors (Lipinski definition) is 1. The highest BCUT2D eigenvalue weighted by Gasteiger charge is 2.29. The first-order valence-electron chi connectivity index (χ1n) is 6.24. The average Bonchev–Trinajstić information content (AvgIpc) is 2.30. The molecule has 0 aromatic rings. The quantitative estimate of drug-likeness (QED) is 0.760. The molecule has 1 atom stereocenters. The molecule has 0 aromatic carbocycles. The Morgan fingerprint density at radius 2 is 1.80 bits per heavy atom. The van der Waals surface area contributed by atoms with Gasteiger partial charge in [0, 0.05) is 12.6 Å². The number of piperidine rings is 1. The Labute approximate surface area is 91.5 Å². The zero-order valence-electron chi connectivity index (χ0n) is 9.32. The molecular formula is C12H21NO2. The van der Waals surface area contributed by atoms with Crippen LogP contribution in [0.3, 0.4) is 0 Å². The van der Waals surface area contributed by atoms with Gasteiger partial charge in [0.05, 0.1) is 5.92 Å². The van der Waals surface area contributed by atoms with Crippen LogP contribution in [0.15, 0.2) is 0 Å². The second kappa shape index (κ2) is 4.97. The van der Waals surface area contributed by atoms with Gasteiger partial charge in [-0.25, -0.2) is 0 Å². The van der Waals surface area contributed by atoms with Crippen LogP contribution in [0.5, 0.6) is 0 Å². The molecule has 1 heterocycles. The van der Waals surface area contributed by atoms with Gasteiger partial charge in [0.15, 0.2) is 0 Å². The van der Waals surface area contributed by atoms with E-state index in [1.807, 2.05) is 0 Å². The van der Waals surface area contributed by atoms with Crippen molar-refractivity contribution in [2.45, 2.75) is 51.0 Å². The second-order valence-corrected chi connectivity index (χ2v) is 4.96. The smallest absolute Gasteiger partial charge is 0.307 e. The fourth-order valence-electron chi connectivity index (χ4n) is 2.99. The number of hydrogen-bond acceptors (Lipinski definition) is 2. The standard InChI is InChI=1S/C12H21NO2/c14-12(15)10-5-4-8-13(9-10)11-6-2-1-3-7-11/h10-11H,1-9H2,(H,14,15)/t10-/m1/s1. The molecule has 3 heteroatoms. The highest BCUT2D eigenvalue weighted by atomic mass is 16.4. The summed E-state index contributed by atoms with van der Waals surface area (Å²) in [5, 5.41) is 9.03. The third-order valence-corrected chi connectivity index (χ3v) is 3.89. The Morgan fingerprint density at radius 3 is 2.47 bits per heavy atom. The van der Waals surface area contributed by atoms with E-state index in [9.17, 15) is 4.79 Å². The maximum atomic E-state index is 11.0. The predicted molar refractivity (Wildman–Crippen MR) is 58.8 cm³/mol. The van der Waals surface area contributed by atoms with E-state index >= 15 is 0 Å². The number of aliphatic carboxylic acids is 1. The maximum Gasteiger partial charge on any atom is 0.307 e. The first-order valence-corrected chi connectivity index (χ1v) is 6.24. The van der Waals surface area contributed by atoms with E-state index in [2.05, 4.69) is 4.90 Å². The largest absolute Gasteiger partial charge is 0.481 e. The maximum absolute atomic E-state index is 11.0. The van der Waals surface area contributed by atoms with Crippen molar-refractivity contribution in [3.8, 4) is 0 Å². The zero-order valence-corrected chi connectivity index (χ0v) is 9.32.